The number of rotatable bonds is 2. The Balaban J connectivity index is -0.000000249. The second-order valence-corrected chi connectivity index (χ2v) is 2.50. The number of halogens is 1. The highest BCUT2D eigenvalue weighted by Crippen LogP contribution is 1.92. The van der Waals surface area contributed by atoms with Gasteiger partial charge in [-0.2, -0.15) is 0 Å². The fourth-order valence-electron chi connectivity index (χ4n) is 0.307. The molecule has 0 aromatic heterocycles. The second-order valence-electron chi connectivity index (χ2n) is 2.50. The maximum Gasteiger partial charge on any atom is 0.389 e. The minimum atomic E-state index is -0.400. The van der Waals surface area contributed by atoms with Gasteiger partial charge in [-0.25, -0.2) is 4.79 Å². The van der Waals surface area contributed by atoms with Crippen molar-refractivity contribution in [2.24, 2.45) is 0 Å². The molecule has 0 saturated carbocycles. The lowest BCUT2D eigenvalue weighted by Crippen LogP contribution is -3.00. The monoisotopic (exact) mass is 195 g/mol. The number of hydrogen-bond acceptors (Lipinski definition) is 2. The number of nitrogens with zero attached hydrogens (tertiary/aromatic N) is 1. The average molecular weight is 196 g/mol. The molecule has 0 fully saturated rings. The summed E-state index contributed by atoms with van der Waals surface area (Å²) in [5, 5.41) is 0. The van der Waals surface area contributed by atoms with Crippen molar-refractivity contribution in [3.63, 3.8) is 0 Å². The zero-order valence-electron chi connectivity index (χ0n) is 8.43. The quantitative estimate of drug-likeness (QED) is 0.301. The third kappa shape index (κ3) is 16.2. The van der Waals surface area contributed by atoms with Crippen LogP contribution in [0.25, 0.3) is 0 Å². The summed E-state index contributed by atoms with van der Waals surface area (Å²) in [5.41, 5.74) is 0. The first-order valence-electron chi connectivity index (χ1n) is 3.63. The van der Waals surface area contributed by atoms with Crippen LogP contribution in [0.4, 0.5) is 0 Å². The normalized spacial score (nSPS) is 8.42. The number of carbonyl (C=O) groups excluding carboxylic acids is 1. The first-order chi connectivity index (χ1) is 4.95. The van der Waals surface area contributed by atoms with E-state index in [4.69, 9.17) is 4.84 Å². The molecule has 0 aliphatic rings. The summed E-state index contributed by atoms with van der Waals surface area (Å²) >= 11 is 0. The maximum atomic E-state index is 10.5. The van der Waals surface area contributed by atoms with E-state index < -0.39 is 5.97 Å². The van der Waals surface area contributed by atoms with E-state index in [2.05, 4.69) is 6.58 Å². The van der Waals surface area contributed by atoms with Crippen LogP contribution in [0.2, 0.25) is 0 Å². The Hall–Kier alpha value is -0.540. The Labute approximate surface area is 81.0 Å². The van der Waals surface area contributed by atoms with Gasteiger partial charge in [-0.15, -0.1) is 4.65 Å². The molecule has 0 radical (unpaired) electrons. The molecule has 0 bridgehead atoms. The van der Waals surface area contributed by atoms with Crippen molar-refractivity contribution in [2.45, 2.75) is 13.8 Å². The molecule has 0 heterocycles. The molecule has 0 aliphatic heterocycles. The minimum absolute atomic E-state index is 0. The topological polar surface area (TPSA) is 26.3 Å². The van der Waals surface area contributed by atoms with Crippen molar-refractivity contribution in [2.75, 3.05) is 21.1 Å². The van der Waals surface area contributed by atoms with E-state index in [1.807, 2.05) is 13.8 Å². The zero-order chi connectivity index (χ0) is 9.49. The Morgan fingerprint density at radius 3 is 1.75 bits per heavy atom. The van der Waals surface area contributed by atoms with Crippen LogP contribution in [0.15, 0.2) is 12.7 Å². The number of hydrogen-bond donors (Lipinski definition) is 0. The third-order valence-electron chi connectivity index (χ3n) is 0.531. The zero-order valence-corrected chi connectivity index (χ0v) is 9.18. The van der Waals surface area contributed by atoms with Gasteiger partial charge in [-0.1, -0.05) is 20.4 Å². The fourth-order valence-corrected chi connectivity index (χ4v) is 0.307. The van der Waals surface area contributed by atoms with Crippen molar-refractivity contribution in [3.05, 3.63) is 12.7 Å². The molecular formula is C8H18ClNO2. The van der Waals surface area contributed by atoms with Crippen LogP contribution >= 0.6 is 0 Å². The van der Waals surface area contributed by atoms with E-state index in [0.717, 1.165) is 6.08 Å². The smallest absolute Gasteiger partial charge is 0.389 e. The van der Waals surface area contributed by atoms with Crippen molar-refractivity contribution in [3.8, 4) is 0 Å². The van der Waals surface area contributed by atoms with Crippen LogP contribution in [0, 0.1) is 0 Å². The van der Waals surface area contributed by atoms with Gasteiger partial charge in [-0.05, 0) is 0 Å². The molecule has 12 heavy (non-hydrogen) atoms. The van der Waals surface area contributed by atoms with Gasteiger partial charge in [0, 0.05) is 6.08 Å². The van der Waals surface area contributed by atoms with Crippen LogP contribution in [0.1, 0.15) is 13.8 Å². The molecule has 4 heteroatoms. The van der Waals surface area contributed by atoms with Gasteiger partial charge in [0.1, 0.15) is 21.1 Å². The van der Waals surface area contributed by atoms with Crippen molar-refractivity contribution >= 4 is 5.97 Å². The van der Waals surface area contributed by atoms with E-state index in [1.54, 1.807) is 21.1 Å². The van der Waals surface area contributed by atoms with E-state index in [1.165, 1.54) is 0 Å². The van der Waals surface area contributed by atoms with E-state index in [-0.39, 0.29) is 17.1 Å². The van der Waals surface area contributed by atoms with Crippen molar-refractivity contribution in [1.29, 1.82) is 0 Å². The highest BCUT2D eigenvalue weighted by Gasteiger charge is 2.11. The number of hydroxylamine groups is 3. The molecule has 0 N–H and O–H groups in total. The van der Waals surface area contributed by atoms with Gasteiger partial charge >= 0.3 is 5.97 Å². The molecule has 0 unspecified atom stereocenters. The summed E-state index contributed by atoms with van der Waals surface area (Å²) in [4.78, 5) is 15.2. The fraction of sp³-hybridized carbons (Fsp3) is 0.625. The highest BCUT2D eigenvalue weighted by molar-refractivity contribution is 5.80. The van der Waals surface area contributed by atoms with Crippen LogP contribution in [-0.2, 0) is 9.63 Å². The summed E-state index contributed by atoms with van der Waals surface area (Å²) in [6.45, 7) is 7.26. The van der Waals surface area contributed by atoms with E-state index in [0.29, 0.717) is 0 Å². The van der Waals surface area contributed by atoms with Crippen molar-refractivity contribution < 1.29 is 26.7 Å². The predicted octanol–water partition coefficient (Wildman–Crippen LogP) is -1.63. The Kier molecular flexibility index (Phi) is 12.5. The second kappa shape index (κ2) is 8.56. The first kappa shape index (κ1) is 17.5. The lowest BCUT2D eigenvalue weighted by atomic mass is 10.7. The Morgan fingerprint density at radius 2 is 1.67 bits per heavy atom. The average Bonchev–Trinajstić information content (AvgIpc) is 1.89. The highest BCUT2D eigenvalue weighted by atomic mass is 35.5. The Bertz CT molecular complexity index is 130. The van der Waals surface area contributed by atoms with Crippen LogP contribution in [0.3, 0.4) is 0 Å². The standard InChI is InChI=1S/C6H12NO2.C2H6.ClH/c1-5-6(8)9-7(2,3)4;1-2;/h5H,1H2,2-4H3;1-2H3;1H/q+1;;/p-1. The maximum absolute atomic E-state index is 10.5. The summed E-state index contributed by atoms with van der Waals surface area (Å²) in [7, 11) is 5.25. The van der Waals surface area contributed by atoms with E-state index in [9.17, 15) is 4.79 Å². The number of quaternary nitrogens is 1. The van der Waals surface area contributed by atoms with Gasteiger partial charge in [0.2, 0.25) is 0 Å². The molecule has 0 saturated heterocycles. The molecule has 0 atom stereocenters. The summed E-state index contributed by atoms with van der Waals surface area (Å²) in [6, 6.07) is 0. The number of carbonyl (C=O) groups is 1. The summed E-state index contributed by atoms with van der Waals surface area (Å²) in [5.74, 6) is -0.400. The molecule has 0 aliphatic carbocycles. The van der Waals surface area contributed by atoms with Gasteiger partial charge in [0.05, 0.1) is 0 Å². The molecule has 3 nitrogen and oxygen atoms in total. The molecule has 0 aromatic carbocycles. The minimum Gasteiger partial charge on any atom is -1.00 e. The van der Waals surface area contributed by atoms with Gasteiger partial charge in [-0.3, -0.25) is 4.84 Å². The molecule has 0 aromatic rings. The molecular weight excluding hydrogens is 178 g/mol. The van der Waals surface area contributed by atoms with Gasteiger partial charge in [0.15, 0.2) is 0 Å². The van der Waals surface area contributed by atoms with Crippen LogP contribution in [-0.4, -0.2) is 31.8 Å². The summed E-state index contributed by atoms with van der Waals surface area (Å²) in [6.07, 6.45) is 1.14. The molecule has 0 spiro atoms. The third-order valence-corrected chi connectivity index (χ3v) is 0.531. The SMILES string of the molecule is C=CC(=O)O[N+](C)(C)C.CC.[Cl-]. The van der Waals surface area contributed by atoms with Crippen LogP contribution < -0.4 is 12.4 Å². The lowest BCUT2D eigenvalue weighted by Gasteiger charge is -2.18. The largest absolute Gasteiger partial charge is 1.00 e. The molecule has 0 rings (SSSR count). The first-order valence-corrected chi connectivity index (χ1v) is 3.63. The van der Waals surface area contributed by atoms with Gasteiger partial charge in [0.25, 0.3) is 0 Å². The predicted molar refractivity (Wildman–Crippen MR) is 45.7 cm³/mol. The molecule has 0 amide bonds. The lowest BCUT2D eigenvalue weighted by molar-refractivity contribution is -1.04. The van der Waals surface area contributed by atoms with Gasteiger partial charge < -0.3 is 12.4 Å². The summed E-state index contributed by atoms with van der Waals surface area (Å²) < 4.78 is 0.171. The van der Waals surface area contributed by atoms with E-state index >= 15 is 0 Å². The van der Waals surface area contributed by atoms with Crippen molar-refractivity contribution in [1.82, 2.24) is 0 Å². The molecule has 74 valence electrons. The Morgan fingerprint density at radius 1 is 1.33 bits per heavy atom. The van der Waals surface area contributed by atoms with Crippen LogP contribution in [0.5, 0.6) is 0 Å².